The molecule has 0 saturated carbocycles. The van der Waals surface area contributed by atoms with Gasteiger partial charge in [0.2, 0.25) is 0 Å². The molecular weight excluding hydrogens is 362 g/mol. The van der Waals surface area contributed by atoms with Crippen molar-refractivity contribution in [3.63, 3.8) is 0 Å². The Labute approximate surface area is 174 Å². The molecule has 0 aliphatic carbocycles. The Morgan fingerprint density at radius 3 is 2.00 bits per heavy atom. The number of aliphatic imine (C=N–C) groups is 1. The molecule has 0 aromatic heterocycles. The van der Waals surface area contributed by atoms with Crippen LogP contribution in [0.3, 0.4) is 0 Å². The third kappa shape index (κ3) is 7.58. The van der Waals surface area contributed by atoms with Crippen molar-refractivity contribution >= 4 is 11.9 Å². The Kier molecular flexibility index (Phi) is 8.68. The monoisotopic (exact) mass is 395 g/mol. The van der Waals surface area contributed by atoms with Crippen molar-refractivity contribution in [1.82, 2.24) is 20.4 Å². The van der Waals surface area contributed by atoms with Crippen LogP contribution in [-0.4, -0.2) is 56.4 Å². The van der Waals surface area contributed by atoms with Crippen LogP contribution in [0.4, 0.5) is 0 Å². The number of hydrogen-bond donors (Lipinski definition) is 2. The molecule has 6 heteroatoms. The number of benzene rings is 2. The highest BCUT2D eigenvalue weighted by atomic mass is 16.2. The van der Waals surface area contributed by atoms with Gasteiger partial charge in [-0.1, -0.05) is 36.4 Å². The SMILES string of the molecule is CCNC(=NCc1ccc(C(=O)N(C)C)cc1)NCc1ccc(CN(C)C)cc1. The Balaban J connectivity index is 1.94. The highest BCUT2D eigenvalue weighted by molar-refractivity contribution is 5.93. The van der Waals surface area contributed by atoms with E-state index in [1.54, 1.807) is 19.0 Å². The Hall–Kier alpha value is -2.86. The third-order valence-electron chi connectivity index (χ3n) is 4.35. The summed E-state index contributed by atoms with van der Waals surface area (Å²) in [6.45, 7) is 5.05. The summed E-state index contributed by atoms with van der Waals surface area (Å²) >= 11 is 0. The number of hydrogen-bond acceptors (Lipinski definition) is 3. The molecule has 156 valence electrons. The van der Waals surface area contributed by atoms with Crippen LogP contribution < -0.4 is 10.6 Å². The van der Waals surface area contributed by atoms with Gasteiger partial charge in [-0.15, -0.1) is 0 Å². The predicted octanol–water partition coefficient (Wildman–Crippen LogP) is 2.71. The maximum atomic E-state index is 12.0. The standard InChI is InChI=1S/C23H33N5O/c1-6-24-23(25-15-18-7-9-20(10-8-18)17-27(2)3)26-16-19-11-13-21(14-12-19)22(29)28(4)5/h7-14H,6,15-17H2,1-5H3,(H2,24,25,26). The normalized spacial score (nSPS) is 11.4. The predicted molar refractivity (Wildman–Crippen MR) is 120 cm³/mol. The van der Waals surface area contributed by atoms with Gasteiger partial charge in [0.15, 0.2) is 5.96 Å². The van der Waals surface area contributed by atoms with Crippen LogP contribution in [-0.2, 0) is 19.6 Å². The van der Waals surface area contributed by atoms with E-state index >= 15 is 0 Å². The quantitative estimate of drug-likeness (QED) is 0.533. The number of nitrogens with one attached hydrogen (secondary N) is 2. The Bertz CT molecular complexity index is 795. The first kappa shape index (κ1) is 22.4. The largest absolute Gasteiger partial charge is 0.357 e. The zero-order valence-electron chi connectivity index (χ0n) is 18.2. The smallest absolute Gasteiger partial charge is 0.253 e. The molecule has 6 nitrogen and oxygen atoms in total. The molecule has 0 aliphatic rings. The van der Waals surface area contributed by atoms with Gasteiger partial charge < -0.3 is 20.4 Å². The molecule has 0 spiro atoms. The number of rotatable bonds is 8. The summed E-state index contributed by atoms with van der Waals surface area (Å²) in [6.07, 6.45) is 0. The van der Waals surface area contributed by atoms with Crippen LogP contribution in [0.2, 0.25) is 0 Å². The lowest BCUT2D eigenvalue weighted by molar-refractivity contribution is 0.0827. The maximum absolute atomic E-state index is 12.0. The van der Waals surface area contributed by atoms with Gasteiger partial charge >= 0.3 is 0 Å². The van der Waals surface area contributed by atoms with Crippen LogP contribution in [0, 0.1) is 0 Å². The molecule has 2 rings (SSSR count). The van der Waals surface area contributed by atoms with Crippen molar-refractivity contribution in [1.29, 1.82) is 0 Å². The van der Waals surface area contributed by atoms with Gasteiger partial charge in [0.05, 0.1) is 6.54 Å². The lowest BCUT2D eigenvalue weighted by Crippen LogP contribution is -2.36. The van der Waals surface area contributed by atoms with Crippen LogP contribution in [0.15, 0.2) is 53.5 Å². The summed E-state index contributed by atoms with van der Waals surface area (Å²) in [5.74, 6) is 0.782. The summed E-state index contributed by atoms with van der Waals surface area (Å²) in [5, 5.41) is 6.66. The van der Waals surface area contributed by atoms with Gasteiger partial charge in [-0.25, -0.2) is 4.99 Å². The van der Waals surface area contributed by atoms with Crippen molar-refractivity contribution in [2.24, 2.45) is 4.99 Å². The Morgan fingerprint density at radius 2 is 1.45 bits per heavy atom. The average Bonchev–Trinajstić information content (AvgIpc) is 2.70. The zero-order chi connectivity index (χ0) is 21.2. The zero-order valence-corrected chi connectivity index (χ0v) is 18.2. The van der Waals surface area contributed by atoms with E-state index in [9.17, 15) is 4.79 Å². The second-order valence-corrected chi connectivity index (χ2v) is 7.50. The number of guanidine groups is 1. The fourth-order valence-corrected chi connectivity index (χ4v) is 2.84. The van der Waals surface area contributed by atoms with E-state index in [-0.39, 0.29) is 5.91 Å². The second-order valence-electron chi connectivity index (χ2n) is 7.50. The number of nitrogens with zero attached hydrogens (tertiary/aromatic N) is 3. The first-order chi connectivity index (χ1) is 13.9. The van der Waals surface area contributed by atoms with E-state index < -0.39 is 0 Å². The highest BCUT2D eigenvalue weighted by Crippen LogP contribution is 2.08. The van der Waals surface area contributed by atoms with Crippen molar-refractivity contribution in [2.45, 2.75) is 26.6 Å². The molecule has 0 saturated heterocycles. The van der Waals surface area contributed by atoms with E-state index in [1.165, 1.54) is 11.1 Å². The fraction of sp³-hybridized carbons (Fsp3) is 0.391. The summed E-state index contributed by atoms with van der Waals surface area (Å²) in [5.41, 5.74) is 4.26. The van der Waals surface area contributed by atoms with Crippen LogP contribution in [0.25, 0.3) is 0 Å². The van der Waals surface area contributed by atoms with Gasteiger partial charge in [0.1, 0.15) is 0 Å². The summed E-state index contributed by atoms with van der Waals surface area (Å²) < 4.78 is 0. The van der Waals surface area contributed by atoms with E-state index in [1.807, 2.05) is 24.3 Å². The van der Waals surface area contributed by atoms with Gasteiger partial charge in [0, 0.05) is 39.3 Å². The van der Waals surface area contributed by atoms with Gasteiger partial charge in [0.25, 0.3) is 5.91 Å². The second kappa shape index (κ2) is 11.2. The van der Waals surface area contributed by atoms with E-state index in [2.05, 4.69) is 65.8 Å². The molecular formula is C23H33N5O. The number of carbonyl (C=O) groups is 1. The fourth-order valence-electron chi connectivity index (χ4n) is 2.84. The number of carbonyl (C=O) groups excluding carboxylic acids is 1. The third-order valence-corrected chi connectivity index (χ3v) is 4.35. The van der Waals surface area contributed by atoms with Gasteiger partial charge in [-0.3, -0.25) is 4.79 Å². The molecule has 2 aromatic carbocycles. The van der Waals surface area contributed by atoms with Crippen LogP contribution in [0.1, 0.15) is 34.0 Å². The van der Waals surface area contributed by atoms with Crippen LogP contribution >= 0.6 is 0 Å². The lowest BCUT2D eigenvalue weighted by Gasteiger charge is -2.13. The highest BCUT2D eigenvalue weighted by Gasteiger charge is 2.07. The number of amides is 1. The maximum Gasteiger partial charge on any atom is 0.253 e. The Morgan fingerprint density at radius 1 is 0.862 bits per heavy atom. The van der Waals surface area contributed by atoms with E-state index in [0.717, 1.165) is 24.6 Å². The van der Waals surface area contributed by atoms with Crippen LogP contribution in [0.5, 0.6) is 0 Å². The van der Waals surface area contributed by atoms with E-state index in [4.69, 9.17) is 0 Å². The molecule has 0 unspecified atom stereocenters. The molecule has 1 amide bonds. The molecule has 0 bridgehead atoms. The molecule has 0 atom stereocenters. The average molecular weight is 396 g/mol. The molecule has 2 N–H and O–H groups in total. The molecule has 2 aromatic rings. The minimum atomic E-state index is 0.00616. The topological polar surface area (TPSA) is 60.0 Å². The molecule has 0 aliphatic heterocycles. The lowest BCUT2D eigenvalue weighted by atomic mass is 10.1. The van der Waals surface area contributed by atoms with Gasteiger partial charge in [-0.05, 0) is 49.8 Å². The first-order valence-electron chi connectivity index (χ1n) is 9.94. The van der Waals surface area contributed by atoms with Crippen molar-refractivity contribution in [3.8, 4) is 0 Å². The molecule has 29 heavy (non-hydrogen) atoms. The summed E-state index contributed by atoms with van der Waals surface area (Å²) in [6, 6.07) is 16.2. The van der Waals surface area contributed by atoms with Gasteiger partial charge in [-0.2, -0.15) is 0 Å². The van der Waals surface area contributed by atoms with Crippen molar-refractivity contribution < 1.29 is 4.79 Å². The molecule has 0 radical (unpaired) electrons. The minimum absolute atomic E-state index is 0.00616. The molecule has 0 fully saturated rings. The molecule has 0 heterocycles. The van der Waals surface area contributed by atoms with Crippen molar-refractivity contribution in [2.75, 3.05) is 34.7 Å². The first-order valence-corrected chi connectivity index (χ1v) is 9.94. The summed E-state index contributed by atoms with van der Waals surface area (Å²) in [4.78, 5) is 20.4. The van der Waals surface area contributed by atoms with E-state index in [0.29, 0.717) is 18.7 Å². The van der Waals surface area contributed by atoms with Crippen molar-refractivity contribution in [3.05, 3.63) is 70.8 Å². The minimum Gasteiger partial charge on any atom is -0.357 e. The summed E-state index contributed by atoms with van der Waals surface area (Å²) in [7, 11) is 7.65.